The number of hydrogen-bond donors (Lipinski definition) is 4. The number of amides is 2. The van der Waals surface area contributed by atoms with Crippen molar-refractivity contribution in [1.29, 1.82) is 0 Å². The molecular formula is C30H32F4N2O9S. The van der Waals surface area contributed by atoms with Gasteiger partial charge in [0.1, 0.15) is 5.75 Å². The SMILES string of the molecule is COc1cc(F)c(OC2CCC(O)(C(=O)O)CC2)cc1C(=O)N[C@@H]1[C@@H]2CC[C@H](C2)[C@H]1C(=O)Nc1cccc(S(=O)(=O)C(F)(F)F)c1. The number of ether oxygens (including phenoxy) is 2. The van der Waals surface area contributed by atoms with Crippen molar-refractivity contribution in [2.24, 2.45) is 17.8 Å². The Morgan fingerprint density at radius 1 is 1.00 bits per heavy atom. The molecule has 46 heavy (non-hydrogen) atoms. The fourth-order valence-corrected chi connectivity index (χ4v) is 7.56. The lowest BCUT2D eigenvalue weighted by molar-refractivity contribution is -0.163. The molecule has 11 nitrogen and oxygen atoms in total. The van der Waals surface area contributed by atoms with Gasteiger partial charge in [-0.25, -0.2) is 17.6 Å². The highest BCUT2D eigenvalue weighted by Crippen LogP contribution is 2.49. The van der Waals surface area contributed by atoms with E-state index in [2.05, 4.69) is 10.6 Å². The fraction of sp³-hybridized carbons (Fsp3) is 0.500. The molecule has 3 aliphatic rings. The third-order valence-corrected chi connectivity index (χ3v) is 10.7. The van der Waals surface area contributed by atoms with Gasteiger partial charge in [-0.2, -0.15) is 13.2 Å². The van der Waals surface area contributed by atoms with Crippen LogP contribution >= 0.6 is 0 Å². The molecule has 0 unspecified atom stereocenters. The van der Waals surface area contributed by atoms with E-state index in [0.29, 0.717) is 19.3 Å². The van der Waals surface area contributed by atoms with Crippen molar-refractivity contribution in [2.45, 2.75) is 73.1 Å². The maximum atomic E-state index is 15.0. The van der Waals surface area contributed by atoms with E-state index in [9.17, 15) is 50.6 Å². The quantitative estimate of drug-likeness (QED) is 0.287. The second kappa shape index (κ2) is 12.4. The van der Waals surface area contributed by atoms with E-state index in [0.717, 1.165) is 30.3 Å². The number of methoxy groups -OCH3 is 1. The number of carbonyl (C=O) groups excluding carboxylic acids is 2. The van der Waals surface area contributed by atoms with Crippen molar-refractivity contribution < 1.29 is 60.0 Å². The van der Waals surface area contributed by atoms with Gasteiger partial charge in [-0.15, -0.1) is 0 Å². The summed E-state index contributed by atoms with van der Waals surface area (Å²) in [6, 6.07) is 5.25. The number of carboxylic acids is 1. The Morgan fingerprint density at radius 3 is 2.30 bits per heavy atom. The zero-order valence-corrected chi connectivity index (χ0v) is 25.3. The predicted molar refractivity (Wildman–Crippen MR) is 152 cm³/mol. The lowest BCUT2D eigenvalue weighted by atomic mass is 9.83. The van der Waals surface area contributed by atoms with E-state index >= 15 is 0 Å². The zero-order chi connectivity index (χ0) is 33.6. The smallest absolute Gasteiger partial charge is 0.496 e. The number of alkyl halides is 3. The summed E-state index contributed by atoms with van der Waals surface area (Å²) in [6.45, 7) is 0. The number of halogens is 4. The number of nitrogens with one attached hydrogen (secondary N) is 2. The van der Waals surface area contributed by atoms with Gasteiger partial charge in [-0.3, -0.25) is 9.59 Å². The number of hydrogen-bond acceptors (Lipinski definition) is 8. The highest BCUT2D eigenvalue weighted by atomic mass is 32.2. The van der Waals surface area contributed by atoms with Crippen LogP contribution in [0.2, 0.25) is 0 Å². The van der Waals surface area contributed by atoms with Crippen LogP contribution in [0.4, 0.5) is 23.2 Å². The van der Waals surface area contributed by atoms with Gasteiger partial charge in [0.25, 0.3) is 15.7 Å². The van der Waals surface area contributed by atoms with Crippen LogP contribution in [0.3, 0.4) is 0 Å². The summed E-state index contributed by atoms with van der Waals surface area (Å²) < 4.78 is 88.8. The van der Waals surface area contributed by atoms with Gasteiger partial charge in [0.2, 0.25) is 5.91 Å². The second-order valence-corrected chi connectivity index (χ2v) is 13.9. The third-order valence-electron chi connectivity index (χ3n) is 9.18. The molecule has 0 saturated heterocycles. The molecule has 250 valence electrons. The summed E-state index contributed by atoms with van der Waals surface area (Å²) in [5, 5.41) is 24.8. The summed E-state index contributed by atoms with van der Waals surface area (Å²) in [6.07, 6.45) is 1.41. The molecule has 2 aromatic rings. The molecule has 0 aromatic heterocycles. The van der Waals surface area contributed by atoms with Crippen molar-refractivity contribution in [3.05, 3.63) is 47.8 Å². The number of anilines is 1. The maximum Gasteiger partial charge on any atom is 0.501 e. The average molecular weight is 673 g/mol. The molecule has 3 saturated carbocycles. The molecule has 3 aliphatic carbocycles. The van der Waals surface area contributed by atoms with Crippen LogP contribution in [0.1, 0.15) is 55.3 Å². The van der Waals surface area contributed by atoms with Gasteiger partial charge in [0, 0.05) is 17.8 Å². The first-order valence-electron chi connectivity index (χ1n) is 14.6. The Balaban J connectivity index is 1.32. The summed E-state index contributed by atoms with van der Waals surface area (Å²) in [5.41, 5.74) is -7.67. The molecule has 3 fully saturated rings. The first-order chi connectivity index (χ1) is 21.5. The Morgan fingerprint density at radius 2 is 1.67 bits per heavy atom. The number of benzene rings is 2. The van der Waals surface area contributed by atoms with E-state index in [1.807, 2.05) is 0 Å². The molecule has 4 atom stereocenters. The number of sulfone groups is 1. The zero-order valence-electron chi connectivity index (χ0n) is 24.5. The van der Waals surface area contributed by atoms with E-state index in [1.165, 1.54) is 13.2 Å². The largest absolute Gasteiger partial charge is 0.501 e. The van der Waals surface area contributed by atoms with Gasteiger partial charge < -0.3 is 30.3 Å². The molecule has 0 heterocycles. The van der Waals surface area contributed by atoms with Gasteiger partial charge in [0.15, 0.2) is 17.2 Å². The Labute approximate surface area is 261 Å². The number of rotatable bonds is 9. The highest BCUT2D eigenvalue weighted by molar-refractivity contribution is 7.92. The summed E-state index contributed by atoms with van der Waals surface area (Å²) in [4.78, 5) is 37.3. The minimum absolute atomic E-state index is 0.0938. The Hall–Kier alpha value is -3.92. The number of aliphatic hydroxyl groups is 1. The number of carboxylic acid groups (broad SMARTS) is 1. The van der Waals surface area contributed by atoms with Gasteiger partial charge in [-0.1, -0.05) is 6.07 Å². The number of fused-ring (bicyclic) bond motifs is 2. The van der Waals surface area contributed by atoms with E-state index < -0.39 is 67.5 Å². The topological polar surface area (TPSA) is 168 Å². The predicted octanol–water partition coefficient (Wildman–Crippen LogP) is 4.05. The van der Waals surface area contributed by atoms with E-state index in [-0.39, 0.29) is 60.3 Å². The monoisotopic (exact) mass is 672 g/mol. The van der Waals surface area contributed by atoms with E-state index in [4.69, 9.17) is 9.47 Å². The standard InChI is InChI=1S/C30H32F4N2O9S/c1-44-22-14-21(31)23(45-18-7-9-29(41,10-8-18)28(39)40)13-20(22)26(37)36-25-16-6-5-15(11-16)24(25)27(38)35-17-3-2-4-19(12-17)46(42,43)30(32,33)34/h2-4,12-16,18,24-25,41H,5-11H2,1H3,(H,35,38)(H,36,37)(H,39,40)/t15-,16-,18?,24-,25-,29?/m1/s1. The van der Waals surface area contributed by atoms with Crippen LogP contribution in [-0.4, -0.2) is 66.8 Å². The maximum absolute atomic E-state index is 15.0. The van der Waals surface area contributed by atoms with Crippen molar-refractivity contribution in [2.75, 3.05) is 12.4 Å². The Kier molecular flexibility index (Phi) is 8.98. The average Bonchev–Trinajstić information content (AvgIpc) is 3.60. The molecule has 0 spiro atoms. The highest BCUT2D eigenvalue weighted by Gasteiger charge is 2.52. The normalized spacial score (nSPS) is 27.6. The lowest BCUT2D eigenvalue weighted by Gasteiger charge is -2.33. The number of aliphatic carboxylic acids is 1. The first-order valence-corrected chi connectivity index (χ1v) is 16.1. The number of carbonyl (C=O) groups is 3. The summed E-state index contributed by atoms with van der Waals surface area (Å²) >= 11 is 0. The minimum Gasteiger partial charge on any atom is -0.496 e. The van der Waals surface area contributed by atoms with Crippen LogP contribution in [0.15, 0.2) is 41.3 Å². The van der Waals surface area contributed by atoms with Crippen LogP contribution in [0, 0.1) is 23.6 Å². The third kappa shape index (κ3) is 6.36. The molecular weight excluding hydrogens is 640 g/mol. The van der Waals surface area contributed by atoms with Gasteiger partial charge >= 0.3 is 11.5 Å². The Bertz CT molecular complexity index is 1640. The molecule has 2 bridgehead atoms. The first kappa shape index (κ1) is 33.4. The van der Waals surface area contributed by atoms with Crippen molar-refractivity contribution in [3.63, 3.8) is 0 Å². The fourth-order valence-electron chi connectivity index (χ4n) is 6.76. The van der Waals surface area contributed by atoms with Crippen molar-refractivity contribution in [3.8, 4) is 11.5 Å². The molecule has 0 radical (unpaired) electrons. The van der Waals surface area contributed by atoms with E-state index in [1.54, 1.807) is 0 Å². The van der Waals surface area contributed by atoms with Crippen molar-refractivity contribution in [1.82, 2.24) is 5.32 Å². The second-order valence-electron chi connectivity index (χ2n) is 12.0. The van der Waals surface area contributed by atoms with Crippen LogP contribution in [0.5, 0.6) is 11.5 Å². The summed E-state index contributed by atoms with van der Waals surface area (Å²) in [7, 11) is -4.41. The molecule has 2 aromatic carbocycles. The summed E-state index contributed by atoms with van der Waals surface area (Å²) in [5.74, 6) is -4.92. The molecule has 2 amide bonds. The van der Waals surface area contributed by atoms with Crippen molar-refractivity contribution >= 4 is 33.3 Å². The van der Waals surface area contributed by atoms with Crippen LogP contribution < -0.4 is 20.1 Å². The molecule has 5 rings (SSSR count). The molecule has 0 aliphatic heterocycles. The molecule has 4 N–H and O–H groups in total. The minimum atomic E-state index is -5.64. The van der Waals surface area contributed by atoms with Gasteiger partial charge in [-0.05, 0) is 81.0 Å². The van der Waals surface area contributed by atoms with Crippen LogP contribution in [0.25, 0.3) is 0 Å². The lowest BCUT2D eigenvalue weighted by Crippen LogP contribution is -2.48. The van der Waals surface area contributed by atoms with Gasteiger partial charge in [0.05, 0.1) is 29.6 Å². The van der Waals surface area contributed by atoms with Crippen LogP contribution in [-0.2, 0) is 19.4 Å². The molecule has 16 heteroatoms.